The molecule has 0 bridgehead atoms. The summed E-state index contributed by atoms with van der Waals surface area (Å²) in [7, 11) is 3.65. The fourth-order valence-corrected chi connectivity index (χ4v) is 1.85. The van der Waals surface area contributed by atoms with Crippen LogP contribution in [0.3, 0.4) is 0 Å². The molecule has 0 amide bonds. The summed E-state index contributed by atoms with van der Waals surface area (Å²) in [5.41, 5.74) is 0. The first-order chi connectivity index (χ1) is 8.56. The van der Waals surface area contributed by atoms with Gasteiger partial charge in [-0.25, -0.2) is 9.78 Å². The molecule has 0 radical (unpaired) electrons. The Kier molecular flexibility index (Phi) is 3.42. The molecule has 0 unspecified atom stereocenters. The van der Waals surface area contributed by atoms with E-state index in [1.54, 1.807) is 22.5 Å². The fourth-order valence-electron chi connectivity index (χ4n) is 1.21. The molecule has 7 heteroatoms. The largest absolute Gasteiger partial charge is 0.477 e. The van der Waals surface area contributed by atoms with E-state index in [2.05, 4.69) is 9.97 Å². The fraction of sp³-hybridized carbons (Fsp3) is 0.182. The van der Waals surface area contributed by atoms with Crippen LogP contribution in [0.5, 0.6) is 11.6 Å². The van der Waals surface area contributed by atoms with Crippen LogP contribution in [-0.4, -0.2) is 35.1 Å². The lowest BCUT2D eigenvalue weighted by atomic mass is 10.4. The van der Waals surface area contributed by atoms with E-state index in [1.165, 1.54) is 6.07 Å². The van der Waals surface area contributed by atoms with Crippen LogP contribution in [0.25, 0.3) is 0 Å². The quantitative estimate of drug-likeness (QED) is 0.912. The summed E-state index contributed by atoms with van der Waals surface area (Å²) in [6, 6.07) is 3.08. The van der Waals surface area contributed by atoms with E-state index in [1.807, 2.05) is 14.1 Å². The molecule has 0 spiro atoms. The monoisotopic (exact) mass is 265 g/mol. The van der Waals surface area contributed by atoms with Gasteiger partial charge in [0.15, 0.2) is 0 Å². The van der Waals surface area contributed by atoms with Crippen LogP contribution < -0.4 is 9.64 Å². The third-order valence-corrected chi connectivity index (χ3v) is 2.92. The molecule has 0 aliphatic rings. The Morgan fingerprint density at radius 1 is 1.50 bits per heavy atom. The summed E-state index contributed by atoms with van der Waals surface area (Å²) >= 11 is 1.11. The average Bonchev–Trinajstić information content (AvgIpc) is 2.78. The second-order valence-electron chi connectivity index (χ2n) is 3.64. The van der Waals surface area contributed by atoms with Crippen molar-refractivity contribution in [3.05, 3.63) is 28.6 Å². The Bertz CT molecular complexity index is 568. The van der Waals surface area contributed by atoms with Crippen molar-refractivity contribution in [1.82, 2.24) is 9.97 Å². The summed E-state index contributed by atoms with van der Waals surface area (Å²) in [5, 5.41) is 10.4. The van der Waals surface area contributed by atoms with Gasteiger partial charge in [0, 0.05) is 37.8 Å². The highest BCUT2D eigenvalue weighted by atomic mass is 32.1. The minimum atomic E-state index is -0.966. The Labute approximate surface area is 107 Å². The molecule has 0 saturated carbocycles. The highest BCUT2D eigenvalue weighted by molar-refractivity contribution is 7.12. The minimum absolute atomic E-state index is 0.229. The van der Waals surface area contributed by atoms with E-state index in [9.17, 15) is 4.79 Å². The number of carbonyl (C=O) groups is 1. The first kappa shape index (κ1) is 12.3. The molecule has 2 heterocycles. The molecule has 1 N–H and O–H groups in total. The number of rotatable bonds is 4. The SMILES string of the molecule is CN(C)c1nccc(Oc2csc(C(=O)O)c2)n1. The molecule has 94 valence electrons. The number of hydrogen-bond donors (Lipinski definition) is 1. The van der Waals surface area contributed by atoms with Crippen molar-refractivity contribution >= 4 is 23.3 Å². The van der Waals surface area contributed by atoms with Crippen LogP contribution in [0.4, 0.5) is 5.95 Å². The maximum absolute atomic E-state index is 10.7. The highest BCUT2D eigenvalue weighted by Gasteiger charge is 2.09. The lowest BCUT2D eigenvalue weighted by Crippen LogP contribution is -2.12. The predicted octanol–water partition coefficient (Wildman–Crippen LogP) is 2.09. The van der Waals surface area contributed by atoms with Gasteiger partial charge in [-0.05, 0) is 0 Å². The third-order valence-electron chi connectivity index (χ3n) is 2.03. The van der Waals surface area contributed by atoms with Crippen LogP contribution >= 0.6 is 11.3 Å². The zero-order valence-corrected chi connectivity index (χ0v) is 10.6. The first-order valence-electron chi connectivity index (χ1n) is 5.06. The summed E-state index contributed by atoms with van der Waals surface area (Å²) in [5.74, 6) is 0.400. The zero-order chi connectivity index (χ0) is 13.1. The number of ether oxygens (including phenoxy) is 1. The second-order valence-corrected chi connectivity index (χ2v) is 4.55. The number of carboxylic acids is 1. The van der Waals surface area contributed by atoms with Crippen molar-refractivity contribution in [3.63, 3.8) is 0 Å². The number of hydrogen-bond acceptors (Lipinski definition) is 6. The number of aromatic carboxylic acids is 1. The van der Waals surface area contributed by atoms with Gasteiger partial charge in [0.25, 0.3) is 0 Å². The van der Waals surface area contributed by atoms with Gasteiger partial charge in [0.2, 0.25) is 11.8 Å². The standard InChI is InChI=1S/C11H11N3O3S/c1-14(2)11-12-4-3-9(13-11)17-7-5-8(10(15)16)18-6-7/h3-6H,1-2H3,(H,15,16). The van der Waals surface area contributed by atoms with Crippen molar-refractivity contribution in [2.75, 3.05) is 19.0 Å². The van der Waals surface area contributed by atoms with Crippen molar-refractivity contribution < 1.29 is 14.6 Å². The number of thiophene rings is 1. The van der Waals surface area contributed by atoms with Crippen LogP contribution in [0.15, 0.2) is 23.7 Å². The van der Waals surface area contributed by atoms with Crippen molar-refractivity contribution in [1.29, 1.82) is 0 Å². The Balaban J connectivity index is 2.17. The number of anilines is 1. The van der Waals surface area contributed by atoms with Crippen LogP contribution in [0, 0.1) is 0 Å². The summed E-state index contributed by atoms with van der Waals surface area (Å²) in [6.07, 6.45) is 1.59. The van der Waals surface area contributed by atoms with Crippen LogP contribution in [0.2, 0.25) is 0 Å². The number of carboxylic acid groups (broad SMARTS) is 1. The smallest absolute Gasteiger partial charge is 0.346 e. The van der Waals surface area contributed by atoms with E-state index in [0.717, 1.165) is 11.3 Å². The molecule has 18 heavy (non-hydrogen) atoms. The average molecular weight is 265 g/mol. The molecule has 0 fully saturated rings. The molecule has 0 atom stereocenters. The van der Waals surface area contributed by atoms with Crippen molar-refractivity contribution in [2.45, 2.75) is 0 Å². The maximum Gasteiger partial charge on any atom is 0.346 e. The molecule has 0 aromatic carbocycles. The lowest BCUT2D eigenvalue weighted by molar-refractivity contribution is 0.0702. The van der Waals surface area contributed by atoms with Gasteiger partial charge in [-0.1, -0.05) is 0 Å². The molecule has 0 aliphatic carbocycles. The Morgan fingerprint density at radius 2 is 2.28 bits per heavy atom. The van der Waals surface area contributed by atoms with Gasteiger partial charge in [0.1, 0.15) is 10.6 Å². The normalized spacial score (nSPS) is 10.1. The van der Waals surface area contributed by atoms with E-state index >= 15 is 0 Å². The number of nitrogens with zero attached hydrogens (tertiary/aromatic N) is 3. The van der Waals surface area contributed by atoms with E-state index in [-0.39, 0.29) is 4.88 Å². The molecule has 2 rings (SSSR count). The van der Waals surface area contributed by atoms with E-state index in [4.69, 9.17) is 9.84 Å². The van der Waals surface area contributed by atoms with Gasteiger partial charge in [-0.2, -0.15) is 4.98 Å². The summed E-state index contributed by atoms with van der Waals surface area (Å²) in [4.78, 5) is 20.9. The van der Waals surface area contributed by atoms with Gasteiger partial charge in [-0.15, -0.1) is 11.3 Å². The van der Waals surface area contributed by atoms with Gasteiger partial charge in [0.05, 0.1) is 0 Å². The predicted molar refractivity (Wildman–Crippen MR) is 67.7 cm³/mol. The first-order valence-corrected chi connectivity index (χ1v) is 5.94. The van der Waals surface area contributed by atoms with Gasteiger partial charge >= 0.3 is 5.97 Å². The van der Waals surface area contributed by atoms with Crippen LogP contribution in [0.1, 0.15) is 9.67 Å². The molecular weight excluding hydrogens is 254 g/mol. The second kappa shape index (κ2) is 5.01. The molecule has 2 aromatic heterocycles. The summed E-state index contributed by atoms with van der Waals surface area (Å²) in [6.45, 7) is 0. The zero-order valence-electron chi connectivity index (χ0n) is 9.82. The topological polar surface area (TPSA) is 75.6 Å². The number of aromatic nitrogens is 2. The Morgan fingerprint density at radius 3 is 2.89 bits per heavy atom. The molecule has 6 nitrogen and oxygen atoms in total. The summed E-state index contributed by atoms with van der Waals surface area (Å²) < 4.78 is 5.47. The van der Waals surface area contributed by atoms with E-state index in [0.29, 0.717) is 17.6 Å². The Hall–Kier alpha value is -2.15. The lowest BCUT2D eigenvalue weighted by Gasteiger charge is -2.10. The molecule has 0 saturated heterocycles. The highest BCUT2D eigenvalue weighted by Crippen LogP contribution is 2.26. The van der Waals surface area contributed by atoms with Crippen LogP contribution in [-0.2, 0) is 0 Å². The molecule has 0 aliphatic heterocycles. The third kappa shape index (κ3) is 2.75. The van der Waals surface area contributed by atoms with Gasteiger partial charge < -0.3 is 14.7 Å². The van der Waals surface area contributed by atoms with Gasteiger partial charge in [-0.3, -0.25) is 0 Å². The minimum Gasteiger partial charge on any atom is -0.477 e. The van der Waals surface area contributed by atoms with E-state index < -0.39 is 5.97 Å². The van der Waals surface area contributed by atoms with Crippen molar-refractivity contribution in [3.8, 4) is 11.6 Å². The van der Waals surface area contributed by atoms with Crippen molar-refractivity contribution in [2.24, 2.45) is 0 Å². The molecular formula is C11H11N3O3S. The maximum atomic E-state index is 10.7. The molecule has 2 aromatic rings.